The van der Waals surface area contributed by atoms with Gasteiger partial charge in [0.2, 0.25) is 0 Å². The second-order valence-corrected chi connectivity index (χ2v) is 5.62. The van der Waals surface area contributed by atoms with Gasteiger partial charge in [-0.25, -0.2) is 0 Å². The zero-order valence-electron chi connectivity index (χ0n) is 10.4. The van der Waals surface area contributed by atoms with E-state index >= 15 is 0 Å². The Labute approximate surface area is 129 Å². The Hall–Kier alpha value is -1.43. The van der Waals surface area contributed by atoms with Crippen molar-refractivity contribution in [3.05, 3.63) is 75.4 Å². The molecule has 1 nitrogen and oxygen atoms in total. The van der Waals surface area contributed by atoms with E-state index < -0.39 is 12.0 Å². The summed E-state index contributed by atoms with van der Waals surface area (Å²) in [6.45, 7) is 0. The summed E-state index contributed by atoms with van der Waals surface area (Å²) in [5.41, 5.74) is 1.16. The van der Waals surface area contributed by atoms with Crippen LogP contribution in [-0.4, -0.2) is 5.92 Å². The van der Waals surface area contributed by atoms with Crippen molar-refractivity contribution in [1.82, 2.24) is 0 Å². The molecule has 0 bridgehead atoms. The minimum atomic E-state index is -3.01. The number of halogens is 3. The first-order valence-corrected chi connectivity index (χ1v) is 7.23. The van der Waals surface area contributed by atoms with Crippen molar-refractivity contribution in [3.63, 3.8) is 0 Å². The molecular formula is C16H11F2IO. The molecule has 0 N–H and O–H groups in total. The SMILES string of the molecule is FC1(F)C(I)=C(c2ccccc2)OC1c1ccccc1. The lowest BCUT2D eigenvalue weighted by atomic mass is 10.0. The largest absolute Gasteiger partial charge is 0.477 e. The van der Waals surface area contributed by atoms with E-state index in [-0.39, 0.29) is 9.34 Å². The maximum absolute atomic E-state index is 14.4. The Balaban J connectivity index is 2.02. The van der Waals surface area contributed by atoms with E-state index in [2.05, 4.69) is 0 Å². The Bertz CT molecular complexity index is 638. The molecule has 20 heavy (non-hydrogen) atoms. The predicted octanol–water partition coefficient (Wildman–Crippen LogP) is 5.20. The van der Waals surface area contributed by atoms with Crippen LogP contribution in [0, 0.1) is 0 Å². The van der Waals surface area contributed by atoms with Crippen LogP contribution in [0.2, 0.25) is 0 Å². The highest BCUT2D eigenvalue weighted by Gasteiger charge is 2.52. The van der Waals surface area contributed by atoms with Gasteiger partial charge in [0.1, 0.15) is 9.34 Å². The Morgan fingerprint density at radius 3 is 2.05 bits per heavy atom. The van der Waals surface area contributed by atoms with Gasteiger partial charge in [-0.3, -0.25) is 0 Å². The van der Waals surface area contributed by atoms with Crippen molar-refractivity contribution >= 4 is 28.4 Å². The highest BCUT2D eigenvalue weighted by molar-refractivity contribution is 14.1. The number of rotatable bonds is 2. The summed E-state index contributed by atoms with van der Waals surface area (Å²) in [6, 6.07) is 17.6. The lowest BCUT2D eigenvalue weighted by Gasteiger charge is -2.19. The van der Waals surface area contributed by atoms with Crippen LogP contribution in [0.3, 0.4) is 0 Å². The summed E-state index contributed by atoms with van der Waals surface area (Å²) in [6.07, 6.45) is -1.26. The molecule has 0 radical (unpaired) electrons. The van der Waals surface area contributed by atoms with Crippen molar-refractivity contribution in [3.8, 4) is 0 Å². The molecule has 1 atom stereocenters. The number of hydrogen-bond acceptors (Lipinski definition) is 1. The average molecular weight is 384 g/mol. The summed E-state index contributed by atoms with van der Waals surface area (Å²) >= 11 is 1.69. The van der Waals surface area contributed by atoms with Crippen LogP contribution in [0.1, 0.15) is 17.2 Å². The molecule has 1 unspecified atom stereocenters. The molecule has 1 heterocycles. The quantitative estimate of drug-likeness (QED) is 0.647. The lowest BCUT2D eigenvalue weighted by molar-refractivity contribution is -0.0488. The van der Waals surface area contributed by atoms with E-state index in [4.69, 9.17) is 4.74 Å². The van der Waals surface area contributed by atoms with E-state index in [1.54, 1.807) is 65.1 Å². The average Bonchev–Trinajstić information content (AvgIpc) is 2.72. The van der Waals surface area contributed by atoms with Crippen LogP contribution < -0.4 is 0 Å². The molecule has 2 aromatic carbocycles. The molecule has 0 aliphatic carbocycles. The zero-order valence-corrected chi connectivity index (χ0v) is 12.6. The highest BCUT2D eigenvalue weighted by Crippen LogP contribution is 2.53. The first-order valence-electron chi connectivity index (χ1n) is 6.16. The molecule has 0 spiro atoms. The van der Waals surface area contributed by atoms with Crippen LogP contribution in [0.4, 0.5) is 8.78 Å². The maximum atomic E-state index is 14.4. The lowest BCUT2D eigenvalue weighted by Crippen LogP contribution is -2.22. The molecule has 1 aliphatic heterocycles. The molecular weight excluding hydrogens is 373 g/mol. The van der Waals surface area contributed by atoms with E-state index in [1.807, 2.05) is 18.2 Å². The van der Waals surface area contributed by atoms with Gasteiger partial charge in [0.25, 0.3) is 0 Å². The minimum Gasteiger partial charge on any atom is -0.477 e. The molecule has 0 saturated heterocycles. The maximum Gasteiger partial charge on any atom is 0.322 e. The van der Waals surface area contributed by atoms with Crippen molar-refractivity contribution in [2.45, 2.75) is 12.0 Å². The fourth-order valence-electron chi connectivity index (χ4n) is 2.20. The van der Waals surface area contributed by atoms with Gasteiger partial charge in [-0.05, 0) is 28.2 Å². The molecule has 3 rings (SSSR count). The van der Waals surface area contributed by atoms with E-state index in [9.17, 15) is 8.78 Å². The number of alkyl halides is 2. The Morgan fingerprint density at radius 1 is 0.900 bits per heavy atom. The Kier molecular flexibility index (Phi) is 3.50. The standard InChI is InChI=1S/C16H11F2IO/c17-16(18)14(19)13(11-7-3-1-4-8-11)20-15(16)12-9-5-2-6-10-12/h1-10,15H. The monoisotopic (exact) mass is 384 g/mol. The molecule has 0 aromatic heterocycles. The second-order valence-electron chi connectivity index (χ2n) is 4.54. The van der Waals surface area contributed by atoms with Crippen LogP contribution in [0.5, 0.6) is 0 Å². The van der Waals surface area contributed by atoms with Crippen LogP contribution in [0.25, 0.3) is 5.76 Å². The van der Waals surface area contributed by atoms with Crippen molar-refractivity contribution in [2.75, 3.05) is 0 Å². The van der Waals surface area contributed by atoms with Gasteiger partial charge in [-0.15, -0.1) is 0 Å². The number of ether oxygens (including phenoxy) is 1. The summed E-state index contributed by atoms with van der Waals surface area (Å²) in [5.74, 6) is -2.74. The highest BCUT2D eigenvalue weighted by atomic mass is 127. The van der Waals surface area contributed by atoms with Crippen LogP contribution in [-0.2, 0) is 4.74 Å². The number of benzene rings is 2. The van der Waals surface area contributed by atoms with Gasteiger partial charge >= 0.3 is 5.92 Å². The third kappa shape index (κ3) is 2.22. The first kappa shape index (κ1) is 13.5. The van der Waals surface area contributed by atoms with E-state index in [0.29, 0.717) is 11.1 Å². The summed E-state index contributed by atoms with van der Waals surface area (Å²) in [4.78, 5) is 0. The first-order chi connectivity index (χ1) is 9.60. The van der Waals surface area contributed by atoms with Crippen LogP contribution >= 0.6 is 22.6 Å². The molecule has 102 valence electrons. The third-order valence-electron chi connectivity index (χ3n) is 3.20. The van der Waals surface area contributed by atoms with Crippen molar-refractivity contribution < 1.29 is 13.5 Å². The third-order valence-corrected chi connectivity index (χ3v) is 4.40. The second kappa shape index (κ2) is 5.16. The molecule has 1 aliphatic rings. The van der Waals surface area contributed by atoms with Gasteiger partial charge in [-0.2, -0.15) is 8.78 Å². The fourth-order valence-corrected chi connectivity index (χ4v) is 2.92. The summed E-state index contributed by atoms with van der Waals surface area (Å²) < 4.78 is 34.4. The normalized spacial score (nSPS) is 20.9. The zero-order chi connectivity index (χ0) is 14.2. The Morgan fingerprint density at radius 2 is 1.45 bits per heavy atom. The molecule has 0 amide bonds. The number of hydrogen-bond donors (Lipinski definition) is 0. The molecule has 4 heteroatoms. The molecule has 0 saturated carbocycles. The van der Waals surface area contributed by atoms with E-state index in [1.165, 1.54) is 0 Å². The van der Waals surface area contributed by atoms with Gasteiger partial charge in [0.15, 0.2) is 6.10 Å². The minimum absolute atomic E-state index is 0.0462. The van der Waals surface area contributed by atoms with Crippen molar-refractivity contribution in [2.24, 2.45) is 0 Å². The summed E-state index contributed by atoms with van der Waals surface area (Å²) in [5, 5.41) is 0. The smallest absolute Gasteiger partial charge is 0.322 e. The van der Waals surface area contributed by atoms with Gasteiger partial charge in [0.05, 0.1) is 0 Å². The van der Waals surface area contributed by atoms with Crippen LogP contribution in [0.15, 0.2) is 64.2 Å². The van der Waals surface area contributed by atoms with Gasteiger partial charge < -0.3 is 4.74 Å². The fraction of sp³-hybridized carbons (Fsp3) is 0.125. The van der Waals surface area contributed by atoms with Gasteiger partial charge in [0, 0.05) is 5.56 Å². The van der Waals surface area contributed by atoms with Gasteiger partial charge in [-0.1, -0.05) is 60.7 Å². The summed E-state index contributed by atoms with van der Waals surface area (Å²) in [7, 11) is 0. The van der Waals surface area contributed by atoms with Crippen molar-refractivity contribution in [1.29, 1.82) is 0 Å². The molecule has 0 fully saturated rings. The van der Waals surface area contributed by atoms with E-state index in [0.717, 1.165) is 0 Å². The predicted molar refractivity (Wildman–Crippen MR) is 82.6 cm³/mol. The topological polar surface area (TPSA) is 9.23 Å². The molecule has 2 aromatic rings.